The normalized spacial score (nSPS) is 19.9. The van der Waals surface area contributed by atoms with E-state index in [1.165, 1.54) is 4.57 Å². The van der Waals surface area contributed by atoms with Crippen molar-refractivity contribution >= 4 is 17.0 Å². The van der Waals surface area contributed by atoms with E-state index in [0.717, 1.165) is 24.3 Å². The first-order chi connectivity index (χ1) is 14.5. The Labute approximate surface area is 172 Å². The van der Waals surface area contributed by atoms with Gasteiger partial charge in [-0.25, -0.2) is 22.5 Å². The number of rotatable bonds is 3. The molecule has 0 radical (unpaired) electrons. The van der Waals surface area contributed by atoms with Gasteiger partial charge in [0.2, 0.25) is 5.95 Å². The molecular formula is C20H17F7N4. The first-order valence-corrected chi connectivity index (χ1v) is 9.40. The zero-order valence-electron chi connectivity index (χ0n) is 15.9. The van der Waals surface area contributed by atoms with Crippen LogP contribution in [0.5, 0.6) is 0 Å². The van der Waals surface area contributed by atoms with E-state index in [1.54, 1.807) is 4.90 Å². The minimum atomic E-state index is -4.83. The van der Waals surface area contributed by atoms with E-state index < -0.39 is 47.9 Å². The molecule has 2 atom stereocenters. The van der Waals surface area contributed by atoms with Crippen molar-refractivity contribution in [1.82, 2.24) is 9.55 Å². The van der Waals surface area contributed by atoms with E-state index in [2.05, 4.69) is 4.98 Å². The van der Waals surface area contributed by atoms with Crippen LogP contribution >= 0.6 is 0 Å². The van der Waals surface area contributed by atoms with Crippen LogP contribution in [0, 0.1) is 17.5 Å². The average molecular weight is 446 g/mol. The van der Waals surface area contributed by atoms with Crippen molar-refractivity contribution in [2.24, 2.45) is 5.73 Å². The van der Waals surface area contributed by atoms with Gasteiger partial charge in [0.05, 0.1) is 29.2 Å². The number of piperidine rings is 1. The monoisotopic (exact) mass is 446 g/mol. The third kappa shape index (κ3) is 4.06. The summed E-state index contributed by atoms with van der Waals surface area (Å²) in [6, 6.07) is 3.05. The van der Waals surface area contributed by atoms with Gasteiger partial charge in [-0.2, -0.15) is 13.2 Å². The molecule has 2 heterocycles. The molecule has 0 spiro atoms. The molecule has 1 fully saturated rings. The number of imidazole rings is 1. The summed E-state index contributed by atoms with van der Waals surface area (Å²) in [7, 11) is 0. The van der Waals surface area contributed by atoms with Crippen LogP contribution in [0.3, 0.4) is 0 Å². The lowest BCUT2D eigenvalue weighted by molar-refractivity contribution is -0.138. The highest BCUT2D eigenvalue weighted by molar-refractivity contribution is 5.79. The molecule has 2 N–H and O–H groups in total. The van der Waals surface area contributed by atoms with Crippen molar-refractivity contribution < 1.29 is 30.7 Å². The number of aromatic nitrogens is 2. The van der Waals surface area contributed by atoms with Gasteiger partial charge in [-0.05, 0) is 24.1 Å². The van der Waals surface area contributed by atoms with Crippen LogP contribution in [0.25, 0.3) is 11.0 Å². The average Bonchev–Trinajstić information content (AvgIpc) is 3.02. The molecule has 4 nitrogen and oxygen atoms in total. The largest absolute Gasteiger partial charge is 0.416 e. The molecule has 0 bridgehead atoms. The highest BCUT2D eigenvalue weighted by Gasteiger charge is 2.35. The number of fused-ring (bicyclic) bond motifs is 1. The van der Waals surface area contributed by atoms with E-state index in [9.17, 15) is 30.7 Å². The van der Waals surface area contributed by atoms with Crippen molar-refractivity contribution in [3.8, 4) is 0 Å². The van der Waals surface area contributed by atoms with Gasteiger partial charge in [0.1, 0.15) is 12.0 Å². The van der Waals surface area contributed by atoms with Crippen molar-refractivity contribution in [2.45, 2.75) is 31.4 Å². The fourth-order valence-corrected chi connectivity index (χ4v) is 3.76. The number of alkyl halides is 4. The molecule has 0 aliphatic carbocycles. The maximum Gasteiger partial charge on any atom is 0.416 e. The Kier molecular flexibility index (Phi) is 5.32. The topological polar surface area (TPSA) is 47.1 Å². The number of halogens is 7. The molecular weight excluding hydrogens is 429 g/mol. The number of hydrogen-bond donors (Lipinski definition) is 1. The summed E-state index contributed by atoms with van der Waals surface area (Å²) >= 11 is 0. The maximum absolute atomic E-state index is 13.9. The van der Waals surface area contributed by atoms with E-state index in [0.29, 0.717) is 6.07 Å². The van der Waals surface area contributed by atoms with Gasteiger partial charge in [-0.3, -0.25) is 0 Å². The van der Waals surface area contributed by atoms with Crippen LogP contribution in [0.4, 0.5) is 36.7 Å². The second kappa shape index (κ2) is 7.70. The minimum Gasteiger partial charge on any atom is -0.340 e. The zero-order valence-corrected chi connectivity index (χ0v) is 15.9. The van der Waals surface area contributed by atoms with Gasteiger partial charge in [-0.1, -0.05) is 6.07 Å². The van der Waals surface area contributed by atoms with Crippen LogP contribution < -0.4 is 10.6 Å². The summed E-state index contributed by atoms with van der Waals surface area (Å²) in [5.74, 6) is -3.33. The molecule has 2 unspecified atom stereocenters. The van der Waals surface area contributed by atoms with Gasteiger partial charge in [-0.15, -0.1) is 0 Å². The first-order valence-electron chi connectivity index (χ1n) is 9.40. The SMILES string of the molecule is NC1CN(c2nc3cc(F)c(F)cc3n2Cc2ccc(F)cc2C(F)(F)F)CCC1F. The molecule has 31 heavy (non-hydrogen) atoms. The van der Waals surface area contributed by atoms with Crippen LogP contribution in [-0.4, -0.2) is 34.9 Å². The van der Waals surface area contributed by atoms with Crippen molar-refractivity contribution in [1.29, 1.82) is 0 Å². The summed E-state index contributed by atoms with van der Waals surface area (Å²) in [6.07, 6.45) is -6.02. The van der Waals surface area contributed by atoms with Crippen LogP contribution in [-0.2, 0) is 12.7 Å². The molecule has 1 aromatic heterocycles. The predicted molar refractivity (Wildman–Crippen MR) is 99.9 cm³/mol. The standard InChI is InChI=1S/C20H17F7N4/c21-11-2-1-10(12(5-11)20(25,26)27)8-31-18-7-15(24)14(23)6-17(18)29-19(31)30-4-3-13(22)16(28)9-30/h1-2,5-7,13,16H,3-4,8-9,28H2. The third-order valence-corrected chi connectivity index (χ3v) is 5.33. The lowest BCUT2D eigenvalue weighted by Gasteiger charge is -2.34. The van der Waals surface area contributed by atoms with Gasteiger partial charge < -0.3 is 15.2 Å². The molecule has 1 aliphatic rings. The molecule has 2 aromatic carbocycles. The van der Waals surface area contributed by atoms with Gasteiger partial charge >= 0.3 is 6.18 Å². The summed E-state index contributed by atoms with van der Waals surface area (Å²) < 4.78 is 96.6. The lowest BCUT2D eigenvalue weighted by Crippen LogP contribution is -2.50. The van der Waals surface area contributed by atoms with Crippen LogP contribution in [0.15, 0.2) is 30.3 Å². The van der Waals surface area contributed by atoms with Gasteiger partial charge in [0.15, 0.2) is 11.6 Å². The Bertz CT molecular complexity index is 1120. The van der Waals surface area contributed by atoms with E-state index in [1.807, 2.05) is 0 Å². The fourth-order valence-electron chi connectivity index (χ4n) is 3.76. The van der Waals surface area contributed by atoms with Crippen molar-refractivity contribution in [3.05, 3.63) is 58.9 Å². The Morgan fingerprint density at radius 1 is 1.06 bits per heavy atom. The van der Waals surface area contributed by atoms with E-state index >= 15 is 0 Å². The fraction of sp³-hybridized carbons (Fsp3) is 0.350. The zero-order chi connectivity index (χ0) is 22.5. The molecule has 0 amide bonds. The Morgan fingerprint density at radius 3 is 2.45 bits per heavy atom. The number of hydrogen-bond acceptors (Lipinski definition) is 3. The quantitative estimate of drug-likeness (QED) is 0.607. The summed E-state index contributed by atoms with van der Waals surface area (Å²) in [5.41, 5.74) is 4.36. The molecule has 11 heteroatoms. The van der Waals surface area contributed by atoms with E-state index in [4.69, 9.17) is 5.73 Å². The van der Waals surface area contributed by atoms with Crippen LogP contribution in [0.1, 0.15) is 17.5 Å². The second-order valence-electron chi connectivity index (χ2n) is 7.47. The molecule has 1 saturated heterocycles. The van der Waals surface area contributed by atoms with Gasteiger partial charge in [0.25, 0.3) is 0 Å². The Morgan fingerprint density at radius 2 is 1.77 bits per heavy atom. The summed E-state index contributed by atoms with van der Waals surface area (Å²) in [6.45, 7) is -0.263. The molecule has 1 aliphatic heterocycles. The van der Waals surface area contributed by atoms with Crippen molar-refractivity contribution in [3.63, 3.8) is 0 Å². The third-order valence-electron chi connectivity index (χ3n) is 5.33. The highest BCUT2D eigenvalue weighted by Crippen LogP contribution is 2.35. The van der Waals surface area contributed by atoms with E-state index in [-0.39, 0.29) is 42.1 Å². The molecule has 3 aromatic rings. The summed E-state index contributed by atoms with van der Waals surface area (Å²) in [5, 5.41) is 0. The Balaban J connectivity index is 1.86. The molecule has 4 rings (SSSR count). The predicted octanol–water partition coefficient (Wildman–Crippen LogP) is 4.40. The highest BCUT2D eigenvalue weighted by atomic mass is 19.4. The Hall–Kier alpha value is -2.82. The molecule has 0 saturated carbocycles. The second-order valence-corrected chi connectivity index (χ2v) is 7.47. The van der Waals surface area contributed by atoms with Crippen molar-refractivity contribution in [2.75, 3.05) is 18.0 Å². The van der Waals surface area contributed by atoms with Gasteiger partial charge in [0, 0.05) is 25.2 Å². The molecule has 166 valence electrons. The lowest BCUT2D eigenvalue weighted by atomic mass is 10.0. The summed E-state index contributed by atoms with van der Waals surface area (Å²) in [4.78, 5) is 5.82. The number of anilines is 1. The number of nitrogens with zero attached hydrogens (tertiary/aromatic N) is 3. The number of benzene rings is 2. The first kappa shape index (κ1) is 21.4. The van der Waals surface area contributed by atoms with Crippen LogP contribution in [0.2, 0.25) is 0 Å². The maximum atomic E-state index is 13.9. The number of nitrogens with two attached hydrogens (primary N) is 1. The minimum absolute atomic E-state index is 0.0144. The smallest absolute Gasteiger partial charge is 0.340 e.